The predicted molar refractivity (Wildman–Crippen MR) is 76.3 cm³/mol. The minimum absolute atomic E-state index is 0.147. The van der Waals surface area contributed by atoms with Crippen molar-refractivity contribution in [1.82, 2.24) is 0 Å². The first kappa shape index (κ1) is 15.3. The molecule has 0 saturated heterocycles. The lowest BCUT2D eigenvalue weighted by Gasteiger charge is -2.06. The summed E-state index contributed by atoms with van der Waals surface area (Å²) in [4.78, 5) is 9.73. The normalized spacial score (nSPS) is 10.6. The average molecular weight is 314 g/mol. The summed E-state index contributed by atoms with van der Waals surface area (Å²) in [5.74, 6) is -0.0382. The fourth-order valence-corrected chi connectivity index (χ4v) is 2.17. The molecule has 112 valence electrons. The number of nitrogens with one attached hydrogen (secondary N) is 1. The molecule has 0 spiro atoms. The number of anilines is 1. The first-order valence-electron chi connectivity index (χ1n) is 5.95. The molecular weight excluding hydrogens is 302 g/mol. The van der Waals surface area contributed by atoms with Crippen LogP contribution in [0.15, 0.2) is 28.7 Å². The van der Waals surface area contributed by atoms with E-state index < -0.39 is 22.2 Å². The van der Waals surface area contributed by atoms with Crippen molar-refractivity contribution in [2.45, 2.75) is 12.3 Å². The Kier molecular flexibility index (Phi) is 4.79. The van der Waals surface area contributed by atoms with Crippen molar-refractivity contribution in [3.63, 3.8) is 0 Å². The first-order chi connectivity index (χ1) is 10.0. The lowest BCUT2D eigenvalue weighted by atomic mass is 10.2. The van der Waals surface area contributed by atoms with Crippen molar-refractivity contribution in [1.29, 1.82) is 0 Å². The van der Waals surface area contributed by atoms with Gasteiger partial charge in [-0.3, -0.25) is 10.1 Å². The number of hydrogen-bond acceptors (Lipinski definition) is 5. The maximum atomic E-state index is 13.6. The number of rotatable bonds is 6. The van der Waals surface area contributed by atoms with Gasteiger partial charge in [0.05, 0.1) is 22.9 Å². The zero-order valence-corrected chi connectivity index (χ0v) is 11.9. The molecule has 1 N–H and O–H groups in total. The second-order valence-corrected chi connectivity index (χ2v) is 5.06. The molecule has 0 amide bonds. The molecule has 0 aliphatic heterocycles. The summed E-state index contributed by atoms with van der Waals surface area (Å²) >= 11 is 1.60. The lowest BCUT2D eigenvalue weighted by molar-refractivity contribution is -0.387. The van der Waals surface area contributed by atoms with Crippen LogP contribution < -0.4 is 5.32 Å². The van der Waals surface area contributed by atoms with E-state index in [-0.39, 0.29) is 12.2 Å². The molecule has 21 heavy (non-hydrogen) atoms. The van der Waals surface area contributed by atoms with Crippen LogP contribution in [-0.2, 0) is 12.3 Å². The van der Waals surface area contributed by atoms with Crippen LogP contribution in [0.3, 0.4) is 0 Å². The van der Waals surface area contributed by atoms with Crippen molar-refractivity contribution in [3.8, 4) is 0 Å². The fourth-order valence-electron chi connectivity index (χ4n) is 1.73. The van der Waals surface area contributed by atoms with Crippen molar-refractivity contribution in [2.24, 2.45) is 0 Å². The largest absolute Gasteiger partial charge is 0.463 e. The van der Waals surface area contributed by atoms with E-state index in [1.807, 2.05) is 6.26 Å². The summed E-state index contributed by atoms with van der Waals surface area (Å²) in [6.07, 6.45) is 1.94. The summed E-state index contributed by atoms with van der Waals surface area (Å²) in [6, 6.07) is 4.85. The molecule has 5 nitrogen and oxygen atoms in total. The van der Waals surface area contributed by atoms with E-state index in [1.54, 1.807) is 23.9 Å². The third-order valence-corrected chi connectivity index (χ3v) is 3.26. The van der Waals surface area contributed by atoms with Crippen LogP contribution >= 0.6 is 11.8 Å². The Labute approximate surface area is 123 Å². The molecule has 0 fully saturated rings. The molecule has 0 radical (unpaired) electrons. The monoisotopic (exact) mass is 314 g/mol. The van der Waals surface area contributed by atoms with Gasteiger partial charge in [0.1, 0.15) is 17.3 Å². The van der Waals surface area contributed by atoms with Gasteiger partial charge in [-0.15, -0.1) is 0 Å². The van der Waals surface area contributed by atoms with Gasteiger partial charge in [-0.25, -0.2) is 4.39 Å². The second kappa shape index (κ2) is 6.57. The van der Waals surface area contributed by atoms with Gasteiger partial charge in [0.15, 0.2) is 0 Å². The van der Waals surface area contributed by atoms with Gasteiger partial charge in [0, 0.05) is 12.1 Å². The fraction of sp³-hybridized carbons (Fsp3) is 0.231. The van der Waals surface area contributed by atoms with Crippen molar-refractivity contribution < 1.29 is 18.1 Å². The number of nitro groups is 1. The molecule has 0 aliphatic carbocycles. The van der Waals surface area contributed by atoms with E-state index >= 15 is 0 Å². The standard InChI is InChI=1S/C13H12F2N2O3S/c1-21-7-9-3-2-8(20-9)6-16-12-5-13(17(18)19)11(15)4-10(12)14/h2-5,16H,6-7H2,1H3. The molecule has 1 aromatic heterocycles. The van der Waals surface area contributed by atoms with E-state index in [2.05, 4.69) is 5.32 Å². The third-order valence-electron chi connectivity index (χ3n) is 2.69. The second-order valence-electron chi connectivity index (χ2n) is 4.20. The van der Waals surface area contributed by atoms with Gasteiger partial charge in [0.25, 0.3) is 0 Å². The molecule has 1 aromatic carbocycles. The number of nitrogens with zero attached hydrogens (tertiary/aromatic N) is 1. The van der Waals surface area contributed by atoms with Gasteiger partial charge >= 0.3 is 5.69 Å². The zero-order chi connectivity index (χ0) is 15.4. The molecular formula is C13H12F2N2O3S. The highest BCUT2D eigenvalue weighted by atomic mass is 32.2. The van der Waals surface area contributed by atoms with E-state index in [0.29, 0.717) is 11.8 Å². The molecule has 2 aromatic rings. The number of furan rings is 1. The average Bonchev–Trinajstić information content (AvgIpc) is 2.85. The zero-order valence-electron chi connectivity index (χ0n) is 11.1. The third kappa shape index (κ3) is 3.72. The first-order valence-corrected chi connectivity index (χ1v) is 7.34. The highest BCUT2D eigenvalue weighted by Crippen LogP contribution is 2.25. The van der Waals surface area contributed by atoms with Crippen LogP contribution in [0.4, 0.5) is 20.2 Å². The Morgan fingerprint density at radius 3 is 2.67 bits per heavy atom. The van der Waals surface area contributed by atoms with E-state index in [9.17, 15) is 18.9 Å². The van der Waals surface area contributed by atoms with Crippen molar-refractivity contribution in [3.05, 3.63) is 57.5 Å². The van der Waals surface area contributed by atoms with E-state index in [0.717, 1.165) is 17.6 Å². The minimum atomic E-state index is -1.21. The summed E-state index contributed by atoms with van der Waals surface area (Å²) in [6.45, 7) is 0.147. The predicted octanol–water partition coefficient (Wildman–Crippen LogP) is 3.94. The number of benzene rings is 1. The highest BCUT2D eigenvalue weighted by Gasteiger charge is 2.18. The SMILES string of the molecule is CSCc1ccc(CNc2cc([N+](=O)[O-])c(F)cc2F)o1. The van der Waals surface area contributed by atoms with Gasteiger partial charge in [-0.2, -0.15) is 16.2 Å². The maximum absolute atomic E-state index is 13.6. The van der Waals surface area contributed by atoms with Crippen LogP contribution in [0.1, 0.15) is 11.5 Å². The Hall–Kier alpha value is -2.09. The van der Waals surface area contributed by atoms with Gasteiger partial charge in [-0.05, 0) is 18.4 Å². The molecule has 0 saturated carbocycles. The van der Waals surface area contributed by atoms with Crippen LogP contribution in [0.5, 0.6) is 0 Å². The smallest absolute Gasteiger partial charge is 0.307 e. The molecule has 0 atom stereocenters. The quantitative estimate of drug-likeness (QED) is 0.646. The van der Waals surface area contributed by atoms with E-state index in [1.165, 1.54) is 0 Å². The summed E-state index contributed by atoms with van der Waals surface area (Å²) in [7, 11) is 0. The molecule has 2 rings (SSSR count). The van der Waals surface area contributed by atoms with Crippen LogP contribution in [0, 0.1) is 21.7 Å². The van der Waals surface area contributed by atoms with Crippen LogP contribution in [-0.4, -0.2) is 11.2 Å². The maximum Gasteiger partial charge on any atom is 0.307 e. The van der Waals surface area contributed by atoms with Crippen molar-refractivity contribution >= 4 is 23.1 Å². The lowest BCUT2D eigenvalue weighted by Crippen LogP contribution is -2.03. The Balaban J connectivity index is 2.11. The summed E-state index contributed by atoms with van der Waals surface area (Å²) < 4.78 is 32.2. The number of halogens is 2. The van der Waals surface area contributed by atoms with Crippen LogP contribution in [0.2, 0.25) is 0 Å². The Morgan fingerprint density at radius 2 is 2.00 bits per heavy atom. The molecule has 0 unspecified atom stereocenters. The molecule has 0 aliphatic rings. The Morgan fingerprint density at radius 1 is 1.29 bits per heavy atom. The number of nitro benzene ring substituents is 1. The van der Waals surface area contributed by atoms with Gasteiger partial charge in [-0.1, -0.05) is 0 Å². The van der Waals surface area contributed by atoms with Gasteiger partial charge in [0.2, 0.25) is 5.82 Å². The number of thioether (sulfide) groups is 1. The summed E-state index contributed by atoms with van der Waals surface area (Å²) in [5.41, 5.74) is -0.924. The Bertz CT molecular complexity index is 661. The highest BCUT2D eigenvalue weighted by molar-refractivity contribution is 7.97. The molecule has 8 heteroatoms. The topological polar surface area (TPSA) is 68.3 Å². The van der Waals surface area contributed by atoms with E-state index in [4.69, 9.17) is 4.42 Å². The number of hydrogen-bond donors (Lipinski definition) is 1. The molecule has 0 bridgehead atoms. The van der Waals surface area contributed by atoms with Crippen LogP contribution in [0.25, 0.3) is 0 Å². The minimum Gasteiger partial charge on any atom is -0.463 e. The summed E-state index contributed by atoms with van der Waals surface area (Å²) in [5, 5.41) is 13.3. The van der Waals surface area contributed by atoms with Gasteiger partial charge < -0.3 is 9.73 Å². The molecule has 1 heterocycles. The van der Waals surface area contributed by atoms with Crippen molar-refractivity contribution in [2.75, 3.05) is 11.6 Å².